The summed E-state index contributed by atoms with van der Waals surface area (Å²) < 4.78 is 13.3. The summed E-state index contributed by atoms with van der Waals surface area (Å²) >= 11 is 0. The van der Waals surface area contributed by atoms with Crippen molar-refractivity contribution in [3.63, 3.8) is 0 Å². The lowest BCUT2D eigenvalue weighted by atomic mass is 10.2. The van der Waals surface area contributed by atoms with Gasteiger partial charge in [-0.1, -0.05) is 76.2 Å². The first-order chi connectivity index (χ1) is 17.7. The largest absolute Gasteiger partial charge is 0.466 e. The molecule has 0 amide bonds. The first kappa shape index (κ1) is 41.1. The lowest BCUT2D eigenvalue weighted by Gasteiger charge is -1.99. The van der Waals surface area contributed by atoms with E-state index in [0.29, 0.717) is 23.3 Å². The number of ketones is 1. The maximum absolute atomic E-state index is 10.6. The fourth-order valence-electron chi connectivity index (χ4n) is 1.29. The zero-order valence-corrected chi connectivity index (χ0v) is 23.7. The van der Waals surface area contributed by atoms with E-state index in [9.17, 15) is 19.2 Å². The molecule has 0 aliphatic carbocycles. The number of carbonyl (C=O) groups is 4. The molecule has 8 nitrogen and oxygen atoms in total. The number of ether oxygens (including phenoxy) is 3. The van der Waals surface area contributed by atoms with Gasteiger partial charge in [0.05, 0.1) is 20.3 Å². The normalized spacial score (nSPS) is 8.18. The Bertz CT molecular complexity index is 871. The van der Waals surface area contributed by atoms with Gasteiger partial charge in [-0.3, -0.25) is 4.79 Å². The van der Waals surface area contributed by atoms with E-state index < -0.39 is 5.97 Å². The predicted octanol–water partition coefficient (Wildman–Crippen LogP) is 5.44. The van der Waals surface area contributed by atoms with Crippen LogP contribution in [0.25, 0.3) is 6.08 Å². The number of carbonyl (C=O) groups excluding carboxylic acids is 4. The number of rotatable bonds is 9. The van der Waals surface area contributed by atoms with Crippen molar-refractivity contribution in [2.24, 2.45) is 0 Å². The molecule has 0 unspecified atom stereocenters. The van der Waals surface area contributed by atoms with Crippen LogP contribution in [0.15, 0.2) is 86.0 Å². The first-order valence-corrected chi connectivity index (χ1v) is 11.6. The van der Waals surface area contributed by atoms with Crippen molar-refractivity contribution in [1.29, 1.82) is 0 Å². The third-order valence-electron chi connectivity index (χ3n) is 3.46. The second-order valence-corrected chi connectivity index (χ2v) is 7.23. The van der Waals surface area contributed by atoms with Gasteiger partial charge < -0.3 is 19.3 Å². The van der Waals surface area contributed by atoms with E-state index in [1.54, 1.807) is 20.8 Å². The van der Waals surface area contributed by atoms with E-state index in [-0.39, 0.29) is 30.9 Å². The summed E-state index contributed by atoms with van der Waals surface area (Å²) in [6.45, 7) is 25.8. The Balaban J connectivity index is -0.000000191. The van der Waals surface area contributed by atoms with Crippen LogP contribution in [-0.2, 0) is 33.4 Å². The molecule has 212 valence electrons. The molecule has 0 aliphatic rings. The van der Waals surface area contributed by atoms with E-state index in [2.05, 4.69) is 42.4 Å². The van der Waals surface area contributed by atoms with Crippen LogP contribution in [0.1, 0.15) is 46.6 Å². The van der Waals surface area contributed by atoms with Gasteiger partial charge in [-0.05, 0) is 45.3 Å². The van der Waals surface area contributed by atoms with Crippen molar-refractivity contribution in [1.82, 2.24) is 0 Å². The Morgan fingerprint density at radius 1 is 0.816 bits per heavy atom. The monoisotopic (exact) mass is 532 g/mol. The molecule has 0 saturated heterocycles. The van der Waals surface area contributed by atoms with E-state index in [1.807, 2.05) is 43.3 Å². The molecule has 1 aromatic carbocycles. The van der Waals surface area contributed by atoms with Crippen LogP contribution in [0.5, 0.6) is 0 Å². The SMILES string of the molecule is C=C(C)C(=O)OC.C=C(C)C(=O)OCCC.C=C(C)C(C)=O.C=CC(=O)OCCO.C=Cc1ccccc1. The van der Waals surface area contributed by atoms with E-state index in [0.717, 1.165) is 12.5 Å². The number of hydrogen-bond acceptors (Lipinski definition) is 8. The van der Waals surface area contributed by atoms with E-state index >= 15 is 0 Å². The van der Waals surface area contributed by atoms with Gasteiger partial charge in [-0.15, -0.1) is 0 Å². The molecule has 0 saturated carbocycles. The second kappa shape index (κ2) is 29.2. The molecule has 38 heavy (non-hydrogen) atoms. The number of allylic oxidation sites excluding steroid dienone is 1. The number of aliphatic hydroxyl groups is 1. The molecular formula is C30H44O8. The Labute approximate surface area is 228 Å². The average molecular weight is 533 g/mol. The van der Waals surface area contributed by atoms with Crippen molar-refractivity contribution in [2.45, 2.75) is 41.0 Å². The standard InChI is InChI=1S/C8H8.C7H12O2.C5H8O3.C5H8O2.C5H8O/c1-2-8-6-4-3-5-7-8;1-4-5-9-7(8)6(2)3;1-2-5(7)8-4-3-6;1-4(2)5(6)7-3;1-4(2)5(3)6/h2-7H,1H2;2,4-5H2,1,3H3;2,6H,1,3-4H2;1H2,2-3H3;1H2,2-3H3. The number of aliphatic hydroxyl groups excluding tert-OH is 1. The molecule has 1 aromatic rings. The van der Waals surface area contributed by atoms with Crippen LogP contribution in [0.4, 0.5) is 0 Å². The van der Waals surface area contributed by atoms with Gasteiger partial charge in [-0.25, -0.2) is 14.4 Å². The summed E-state index contributed by atoms with van der Waals surface area (Å²) in [7, 11) is 1.33. The summed E-state index contributed by atoms with van der Waals surface area (Å²) in [5.74, 6) is -1.08. The molecule has 0 heterocycles. The van der Waals surface area contributed by atoms with Crippen LogP contribution < -0.4 is 0 Å². The van der Waals surface area contributed by atoms with Crippen LogP contribution >= 0.6 is 0 Å². The highest BCUT2D eigenvalue weighted by molar-refractivity contribution is 5.91. The number of methoxy groups -OCH3 is 1. The first-order valence-electron chi connectivity index (χ1n) is 11.6. The predicted molar refractivity (Wildman–Crippen MR) is 153 cm³/mol. The molecule has 0 bridgehead atoms. The van der Waals surface area contributed by atoms with Gasteiger partial charge in [0.1, 0.15) is 6.61 Å². The highest BCUT2D eigenvalue weighted by Crippen LogP contribution is 1.97. The molecule has 0 aliphatic heterocycles. The summed E-state index contributed by atoms with van der Waals surface area (Å²) in [5.41, 5.74) is 2.69. The van der Waals surface area contributed by atoms with Gasteiger partial charge in [0.2, 0.25) is 0 Å². The van der Waals surface area contributed by atoms with Gasteiger partial charge in [0.15, 0.2) is 5.78 Å². The van der Waals surface area contributed by atoms with Gasteiger partial charge >= 0.3 is 17.9 Å². The van der Waals surface area contributed by atoms with Gasteiger partial charge in [0.25, 0.3) is 0 Å². The highest BCUT2D eigenvalue weighted by Gasteiger charge is 1.99. The van der Waals surface area contributed by atoms with Crippen LogP contribution in [0.2, 0.25) is 0 Å². The Morgan fingerprint density at radius 2 is 1.29 bits per heavy atom. The maximum atomic E-state index is 10.6. The molecule has 0 fully saturated rings. The fourth-order valence-corrected chi connectivity index (χ4v) is 1.29. The minimum absolute atomic E-state index is 0.0465. The molecule has 0 spiro atoms. The second-order valence-electron chi connectivity index (χ2n) is 7.23. The van der Waals surface area contributed by atoms with Crippen LogP contribution in [0.3, 0.4) is 0 Å². The zero-order valence-electron chi connectivity index (χ0n) is 23.7. The van der Waals surface area contributed by atoms with Crippen molar-refractivity contribution in [3.05, 3.63) is 91.6 Å². The molecule has 0 atom stereocenters. The number of benzene rings is 1. The zero-order chi connectivity index (χ0) is 30.5. The molecule has 1 rings (SSSR count). The lowest BCUT2D eigenvalue weighted by Crippen LogP contribution is -2.04. The summed E-state index contributed by atoms with van der Waals surface area (Å²) in [6, 6.07) is 10.0. The molecule has 8 heteroatoms. The van der Waals surface area contributed by atoms with Crippen molar-refractivity contribution in [2.75, 3.05) is 26.9 Å². The van der Waals surface area contributed by atoms with Crippen molar-refractivity contribution >= 4 is 29.8 Å². The smallest absolute Gasteiger partial charge is 0.333 e. The number of Topliss-reactive ketones (excluding diaryl/α,β-unsaturated/α-hetero) is 1. The van der Waals surface area contributed by atoms with Gasteiger partial charge in [0, 0.05) is 17.2 Å². The number of hydrogen-bond donors (Lipinski definition) is 1. The minimum Gasteiger partial charge on any atom is -0.466 e. The quantitative estimate of drug-likeness (QED) is 0.254. The van der Waals surface area contributed by atoms with Crippen molar-refractivity contribution < 1.29 is 38.5 Å². The van der Waals surface area contributed by atoms with E-state index in [4.69, 9.17) is 9.84 Å². The Kier molecular flexibility index (Phi) is 31.6. The third kappa shape index (κ3) is 34.1. The summed E-state index contributed by atoms with van der Waals surface area (Å²) in [6.07, 6.45) is 3.74. The summed E-state index contributed by atoms with van der Waals surface area (Å²) in [5, 5.41) is 8.10. The molecule has 0 aromatic heterocycles. The Morgan fingerprint density at radius 3 is 1.53 bits per heavy atom. The third-order valence-corrected chi connectivity index (χ3v) is 3.46. The maximum Gasteiger partial charge on any atom is 0.333 e. The topological polar surface area (TPSA) is 116 Å². The van der Waals surface area contributed by atoms with Gasteiger partial charge in [-0.2, -0.15) is 0 Å². The highest BCUT2D eigenvalue weighted by atomic mass is 16.5. The lowest BCUT2D eigenvalue weighted by molar-refractivity contribution is -0.139. The molecule has 1 N–H and O–H groups in total. The van der Waals surface area contributed by atoms with Crippen LogP contribution in [0, 0.1) is 0 Å². The summed E-state index contributed by atoms with van der Waals surface area (Å²) in [4.78, 5) is 40.9. The van der Waals surface area contributed by atoms with Crippen molar-refractivity contribution in [3.8, 4) is 0 Å². The number of esters is 3. The van der Waals surface area contributed by atoms with Crippen LogP contribution in [-0.4, -0.2) is 55.7 Å². The van der Waals surface area contributed by atoms with E-state index in [1.165, 1.54) is 19.6 Å². The fraction of sp³-hybridized carbons (Fsp3) is 0.333. The molecular weight excluding hydrogens is 488 g/mol. The average Bonchev–Trinajstić information content (AvgIpc) is 2.91. The minimum atomic E-state index is -0.501. The molecule has 0 radical (unpaired) electrons. The Hall–Kier alpha value is -4.04.